The monoisotopic (exact) mass is 469 g/mol. The lowest BCUT2D eigenvalue weighted by Gasteiger charge is -2.19. The first-order chi connectivity index (χ1) is 14.6. The number of thiocarbonyl (C=S) groups is 1. The van der Waals surface area contributed by atoms with Crippen molar-refractivity contribution < 1.29 is 22.4 Å². The number of benzene rings is 2. The van der Waals surface area contributed by atoms with E-state index in [1.165, 1.54) is 6.07 Å². The summed E-state index contributed by atoms with van der Waals surface area (Å²) in [5, 5.41) is 9.64. The number of rotatable bonds is 5. The first-order valence-electron chi connectivity index (χ1n) is 8.73. The highest BCUT2D eigenvalue weighted by Gasteiger charge is 2.34. The van der Waals surface area contributed by atoms with Gasteiger partial charge in [-0.1, -0.05) is 22.7 Å². The van der Waals surface area contributed by atoms with Crippen LogP contribution >= 0.6 is 23.8 Å². The van der Waals surface area contributed by atoms with Crippen LogP contribution in [-0.2, 0) is 6.18 Å². The lowest BCUT2D eigenvalue weighted by Crippen LogP contribution is -2.31. The molecule has 1 amide bonds. The van der Waals surface area contributed by atoms with Gasteiger partial charge in [-0.2, -0.15) is 13.2 Å². The Morgan fingerprint density at radius 2 is 1.87 bits per heavy atom. The van der Waals surface area contributed by atoms with Crippen molar-refractivity contribution in [1.29, 1.82) is 0 Å². The maximum atomic E-state index is 13.5. The van der Waals surface area contributed by atoms with Crippen molar-refractivity contribution in [2.75, 3.05) is 5.32 Å². The molecule has 1 atom stereocenters. The van der Waals surface area contributed by atoms with Crippen LogP contribution in [0.25, 0.3) is 10.4 Å². The van der Waals surface area contributed by atoms with Crippen molar-refractivity contribution in [1.82, 2.24) is 14.9 Å². The van der Waals surface area contributed by atoms with Gasteiger partial charge in [0.25, 0.3) is 5.91 Å². The number of hydrogen-bond donors (Lipinski definition) is 3. The van der Waals surface area contributed by atoms with Crippen LogP contribution in [0.15, 0.2) is 42.5 Å². The molecule has 3 rings (SSSR count). The summed E-state index contributed by atoms with van der Waals surface area (Å²) in [5.41, 5.74) is 5.53. The maximum Gasteiger partial charge on any atom is 0.419 e. The van der Waals surface area contributed by atoms with Gasteiger partial charge in [0.2, 0.25) is 0 Å². The topological polar surface area (TPSA) is 92.9 Å². The Hall–Kier alpha value is -3.12. The lowest BCUT2D eigenvalue weighted by molar-refractivity contribution is -0.140. The molecule has 31 heavy (non-hydrogen) atoms. The Morgan fingerprint density at radius 3 is 2.48 bits per heavy atom. The van der Waals surface area contributed by atoms with E-state index in [-0.39, 0.29) is 16.4 Å². The molecule has 0 bridgehead atoms. The van der Waals surface area contributed by atoms with Gasteiger partial charge in [0.15, 0.2) is 10.8 Å². The summed E-state index contributed by atoms with van der Waals surface area (Å²) in [6, 6.07) is 9.00. The molecule has 162 valence electrons. The van der Waals surface area contributed by atoms with E-state index in [9.17, 15) is 22.4 Å². The Morgan fingerprint density at radius 1 is 1.19 bits per heavy atom. The number of hydrogen-bond acceptors (Lipinski definition) is 5. The van der Waals surface area contributed by atoms with Crippen molar-refractivity contribution in [3.63, 3.8) is 0 Å². The zero-order valence-corrected chi connectivity index (χ0v) is 17.5. The molecule has 1 aromatic heterocycles. The van der Waals surface area contributed by atoms with Crippen molar-refractivity contribution in [2.24, 2.45) is 5.73 Å². The molecule has 1 unspecified atom stereocenters. The molecule has 0 aliphatic heterocycles. The van der Waals surface area contributed by atoms with Gasteiger partial charge in [-0.15, -0.1) is 5.10 Å². The zero-order valence-electron chi connectivity index (χ0n) is 15.8. The van der Waals surface area contributed by atoms with Gasteiger partial charge in [-0.25, -0.2) is 4.39 Å². The number of halogens is 4. The zero-order chi connectivity index (χ0) is 22.8. The third-order valence-electron chi connectivity index (χ3n) is 4.27. The van der Waals surface area contributed by atoms with E-state index in [4.69, 9.17) is 18.0 Å². The van der Waals surface area contributed by atoms with E-state index in [2.05, 4.69) is 20.2 Å². The number of nitrogens with two attached hydrogens (primary N) is 1. The van der Waals surface area contributed by atoms with Crippen LogP contribution in [0.3, 0.4) is 0 Å². The Kier molecular flexibility index (Phi) is 6.51. The number of alkyl halides is 3. The molecule has 0 saturated carbocycles. The van der Waals surface area contributed by atoms with Gasteiger partial charge in [-0.3, -0.25) is 4.79 Å². The summed E-state index contributed by atoms with van der Waals surface area (Å²) in [6.45, 7) is 1.60. The van der Waals surface area contributed by atoms with E-state index in [1.807, 2.05) is 0 Å². The smallest absolute Gasteiger partial charge is 0.364 e. The minimum Gasteiger partial charge on any atom is -0.364 e. The molecule has 0 spiro atoms. The first-order valence-corrected chi connectivity index (χ1v) is 9.91. The summed E-state index contributed by atoms with van der Waals surface area (Å²) in [7, 11) is 0. The van der Waals surface area contributed by atoms with Crippen LogP contribution in [0, 0.1) is 5.82 Å². The van der Waals surface area contributed by atoms with Gasteiger partial charge in [0.1, 0.15) is 5.82 Å². The summed E-state index contributed by atoms with van der Waals surface area (Å²) >= 11 is 6.25. The molecule has 0 fully saturated rings. The Balaban J connectivity index is 1.67. The predicted molar refractivity (Wildman–Crippen MR) is 113 cm³/mol. The molecule has 0 aliphatic carbocycles. The molecular weight excluding hydrogens is 454 g/mol. The van der Waals surface area contributed by atoms with Gasteiger partial charge in [-0.05, 0) is 66.1 Å². The van der Waals surface area contributed by atoms with Gasteiger partial charge < -0.3 is 16.4 Å². The van der Waals surface area contributed by atoms with Crippen LogP contribution in [-0.4, -0.2) is 20.6 Å². The summed E-state index contributed by atoms with van der Waals surface area (Å²) in [5.74, 6) is -2.01. The van der Waals surface area contributed by atoms with Crippen molar-refractivity contribution in [3.8, 4) is 10.4 Å². The molecule has 4 N–H and O–H groups in total. The summed E-state index contributed by atoms with van der Waals surface area (Å²) in [4.78, 5) is 11.9. The fraction of sp³-hybridized carbons (Fsp3) is 0.158. The SMILES string of the molecule is CC(NC(=S)Nc1ccc(-c2snnc2C(N)=O)cc1)c1ccc(F)c(C(F)(F)F)c1. The number of primary amides is 1. The Labute approximate surface area is 183 Å². The minimum absolute atomic E-state index is 0.0780. The van der Waals surface area contributed by atoms with Crippen LogP contribution in [0.2, 0.25) is 0 Å². The second-order valence-electron chi connectivity index (χ2n) is 6.45. The van der Waals surface area contributed by atoms with Crippen molar-refractivity contribution >= 4 is 40.5 Å². The minimum atomic E-state index is -4.79. The van der Waals surface area contributed by atoms with Crippen LogP contribution < -0.4 is 16.4 Å². The number of nitrogens with zero attached hydrogens (tertiary/aromatic N) is 2. The molecule has 3 aromatic rings. The highest BCUT2D eigenvalue weighted by Crippen LogP contribution is 2.33. The number of anilines is 1. The summed E-state index contributed by atoms with van der Waals surface area (Å²) in [6.07, 6.45) is -4.79. The number of amides is 1. The van der Waals surface area contributed by atoms with E-state index in [1.54, 1.807) is 31.2 Å². The molecule has 12 heteroatoms. The van der Waals surface area contributed by atoms with E-state index in [0.717, 1.165) is 23.7 Å². The van der Waals surface area contributed by atoms with Gasteiger partial charge in [0, 0.05) is 5.69 Å². The lowest BCUT2D eigenvalue weighted by atomic mass is 10.0. The van der Waals surface area contributed by atoms with Crippen LogP contribution in [0.4, 0.5) is 23.2 Å². The van der Waals surface area contributed by atoms with Gasteiger partial charge in [0.05, 0.1) is 16.5 Å². The van der Waals surface area contributed by atoms with Gasteiger partial charge >= 0.3 is 6.18 Å². The van der Waals surface area contributed by atoms with E-state index in [0.29, 0.717) is 16.1 Å². The van der Waals surface area contributed by atoms with Crippen LogP contribution in [0.1, 0.15) is 34.6 Å². The second-order valence-corrected chi connectivity index (χ2v) is 7.61. The Bertz CT molecular complexity index is 1120. The van der Waals surface area contributed by atoms with Crippen molar-refractivity contribution in [3.05, 3.63) is 65.1 Å². The fourth-order valence-corrected chi connectivity index (χ4v) is 3.69. The molecule has 6 nitrogen and oxygen atoms in total. The van der Waals surface area contributed by atoms with Crippen molar-refractivity contribution in [2.45, 2.75) is 19.1 Å². The highest BCUT2D eigenvalue weighted by molar-refractivity contribution is 7.80. The largest absolute Gasteiger partial charge is 0.419 e. The number of carbonyl (C=O) groups excluding carboxylic acids is 1. The van der Waals surface area contributed by atoms with Crippen LogP contribution in [0.5, 0.6) is 0 Å². The average molecular weight is 469 g/mol. The van der Waals surface area contributed by atoms with E-state index >= 15 is 0 Å². The highest BCUT2D eigenvalue weighted by atomic mass is 32.1. The molecule has 0 aliphatic rings. The maximum absolute atomic E-state index is 13.5. The normalized spacial score (nSPS) is 12.3. The standard InChI is InChI=1S/C19H15F4N5OS2/c1-9(11-4-7-14(20)13(8-11)19(21,22)23)25-18(30)26-12-5-2-10(3-6-12)16-15(17(24)29)27-28-31-16/h2-9H,1H3,(H2,24,29)(H2,25,26,30). The molecule has 0 saturated heterocycles. The first kappa shape index (κ1) is 22.6. The fourth-order valence-electron chi connectivity index (χ4n) is 2.72. The molecule has 2 aromatic carbocycles. The molecule has 1 heterocycles. The number of carbonyl (C=O) groups is 1. The third-order valence-corrected chi connectivity index (χ3v) is 5.26. The quantitative estimate of drug-likeness (QED) is 0.376. The number of nitrogens with one attached hydrogen (secondary N) is 2. The average Bonchev–Trinajstić information content (AvgIpc) is 3.18. The summed E-state index contributed by atoms with van der Waals surface area (Å²) < 4.78 is 55.9. The van der Waals surface area contributed by atoms with E-state index < -0.39 is 29.5 Å². The second kappa shape index (κ2) is 8.94. The molecule has 0 radical (unpaired) electrons. The predicted octanol–water partition coefficient (Wildman–Crippen LogP) is 4.51. The number of aromatic nitrogens is 2. The third kappa shape index (κ3) is 5.33. The molecular formula is C19H15F4N5OS2.